The zero-order chi connectivity index (χ0) is 12.9. The number of carbonyl (C=O) groups is 1. The summed E-state index contributed by atoms with van der Waals surface area (Å²) in [4.78, 5) is 12.6. The first kappa shape index (κ1) is 12.4. The number of hydrogen-bond donors (Lipinski definition) is 0. The minimum absolute atomic E-state index is 0.0748. The van der Waals surface area contributed by atoms with Crippen molar-refractivity contribution in [3.63, 3.8) is 0 Å². The molecule has 0 aliphatic carbocycles. The summed E-state index contributed by atoms with van der Waals surface area (Å²) in [5, 5.41) is 0. The van der Waals surface area contributed by atoms with Crippen molar-refractivity contribution in [2.24, 2.45) is 0 Å². The number of hydrogen-bond acceptors (Lipinski definition) is 3. The summed E-state index contributed by atoms with van der Waals surface area (Å²) in [5.41, 5.74) is 1.78. The molecule has 0 N–H and O–H groups in total. The zero-order valence-corrected chi connectivity index (χ0v) is 13.0. The van der Waals surface area contributed by atoms with E-state index in [1.807, 2.05) is 42.8 Å². The zero-order valence-electron chi connectivity index (χ0n) is 10.4. The third-order valence-electron chi connectivity index (χ3n) is 3.25. The molecule has 1 unspecified atom stereocenters. The number of fused-ring (bicyclic) bond motifs is 3. The Hall–Kier alpha value is -0.601. The van der Waals surface area contributed by atoms with Gasteiger partial charge < -0.3 is 0 Å². The van der Waals surface area contributed by atoms with Crippen molar-refractivity contribution in [2.45, 2.75) is 19.9 Å². The number of carbonyl (C=O) groups excluding carboxylic acids is 1. The maximum atomic E-state index is 12.6. The summed E-state index contributed by atoms with van der Waals surface area (Å²) in [7, 11) is 0. The number of anilines is 1. The Labute approximate surface area is 114 Å². The molecule has 0 spiro atoms. The van der Waals surface area contributed by atoms with Gasteiger partial charge in [-0.3, -0.25) is 0 Å². The Morgan fingerprint density at radius 3 is 2.83 bits per heavy atom. The standard InChI is InChI=1S/C12H15N2O2PSe/c1-9(2)14-12(15)10-5-3-4-6-11(10)13-7-8-16-17(13,14)18/h3-6,9H,7-8H2,1-2H3. The monoisotopic (exact) mass is 330 g/mol. The Morgan fingerprint density at radius 1 is 1.39 bits per heavy atom. The first-order chi connectivity index (χ1) is 8.55. The van der Waals surface area contributed by atoms with Crippen LogP contribution in [0.15, 0.2) is 24.3 Å². The van der Waals surface area contributed by atoms with Crippen LogP contribution < -0.4 is 4.67 Å². The predicted molar refractivity (Wildman–Crippen MR) is 73.7 cm³/mol. The van der Waals surface area contributed by atoms with Crippen LogP contribution >= 0.6 is 6.04 Å². The Bertz CT molecular complexity index is 561. The van der Waals surface area contributed by atoms with E-state index in [1.54, 1.807) is 0 Å². The second kappa shape index (κ2) is 4.21. The first-order valence-electron chi connectivity index (χ1n) is 6.01. The van der Waals surface area contributed by atoms with E-state index in [-0.39, 0.29) is 11.9 Å². The Kier molecular flexibility index (Phi) is 2.91. The molecule has 2 aliphatic heterocycles. The van der Waals surface area contributed by atoms with Crippen LogP contribution in [0, 0.1) is 0 Å². The van der Waals surface area contributed by atoms with Gasteiger partial charge in [0.15, 0.2) is 0 Å². The molecular formula is C12H15N2O2PSe. The SMILES string of the molecule is CC(C)N1C(=O)c2ccccc2N2CCOP21=[Se]. The predicted octanol–water partition coefficient (Wildman–Crippen LogP) is 2.23. The molecule has 96 valence electrons. The summed E-state index contributed by atoms with van der Waals surface area (Å²) in [5.74, 6) is 0.0748. The summed E-state index contributed by atoms with van der Waals surface area (Å²) in [6.45, 7) is 5.58. The number of para-hydroxylation sites is 1. The quantitative estimate of drug-likeness (QED) is 0.585. The average Bonchev–Trinajstić information content (AvgIpc) is 2.71. The molecule has 0 aromatic heterocycles. The molecule has 4 nitrogen and oxygen atoms in total. The van der Waals surface area contributed by atoms with E-state index in [0.29, 0.717) is 6.61 Å². The van der Waals surface area contributed by atoms with Crippen LogP contribution in [-0.2, 0) is 4.52 Å². The van der Waals surface area contributed by atoms with Gasteiger partial charge in [-0.2, -0.15) is 0 Å². The molecule has 1 atom stereocenters. The van der Waals surface area contributed by atoms with Gasteiger partial charge in [0.1, 0.15) is 0 Å². The van der Waals surface area contributed by atoms with Crippen molar-refractivity contribution < 1.29 is 9.32 Å². The van der Waals surface area contributed by atoms with Crippen LogP contribution in [0.4, 0.5) is 5.69 Å². The second-order valence-electron chi connectivity index (χ2n) is 4.71. The first-order valence-corrected chi connectivity index (χ1v) is 9.84. The topological polar surface area (TPSA) is 32.8 Å². The van der Waals surface area contributed by atoms with E-state index >= 15 is 0 Å². The maximum absolute atomic E-state index is 12.6. The number of amides is 1. The normalized spacial score (nSPS) is 26.5. The average molecular weight is 329 g/mol. The van der Waals surface area contributed by atoms with Gasteiger partial charge >= 0.3 is 114 Å². The van der Waals surface area contributed by atoms with Crippen molar-refractivity contribution >= 4 is 32.7 Å². The number of benzene rings is 1. The fraction of sp³-hybridized carbons (Fsp3) is 0.417. The summed E-state index contributed by atoms with van der Waals surface area (Å²) >= 11 is 3.18. The van der Waals surface area contributed by atoms with Gasteiger partial charge in [0, 0.05) is 0 Å². The van der Waals surface area contributed by atoms with Crippen LogP contribution in [0.2, 0.25) is 0 Å². The van der Waals surface area contributed by atoms with Crippen molar-refractivity contribution in [3.8, 4) is 0 Å². The number of rotatable bonds is 1. The summed E-state index contributed by atoms with van der Waals surface area (Å²) in [6, 6.07) is 5.83. The minimum atomic E-state index is -2.09. The molecule has 1 aromatic carbocycles. The van der Waals surface area contributed by atoms with E-state index in [9.17, 15) is 4.79 Å². The fourth-order valence-corrected chi connectivity index (χ4v) is 8.23. The van der Waals surface area contributed by atoms with E-state index in [1.165, 1.54) is 0 Å². The molecule has 6 heteroatoms. The van der Waals surface area contributed by atoms with E-state index in [0.717, 1.165) is 17.8 Å². The van der Waals surface area contributed by atoms with E-state index in [2.05, 4.69) is 19.8 Å². The fourth-order valence-electron chi connectivity index (χ4n) is 2.52. The molecule has 1 fully saturated rings. The van der Waals surface area contributed by atoms with Gasteiger partial charge in [-0.1, -0.05) is 0 Å². The van der Waals surface area contributed by atoms with Gasteiger partial charge in [0.2, 0.25) is 0 Å². The van der Waals surface area contributed by atoms with E-state index < -0.39 is 6.04 Å². The van der Waals surface area contributed by atoms with Crippen LogP contribution in [0.1, 0.15) is 24.2 Å². The van der Waals surface area contributed by atoms with Crippen LogP contribution in [0.3, 0.4) is 0 Å². The van der Waals surface area contributed by atoms with Crippen molar-refractivity contribution in [2.75, 3.05) is 17.8 Å². The Balaban J connectivity index is 2.23. The molecule has 0 radical (unpaired) electrons. The van der Waals surface area contributed by atoms with Crippen LogP contribution in [0.5, 0.6) is 0 Å². The van der Waals surface area contributed by atoms with Crippen molar-refractivity contribution in [1.82, 2.24) is 4.67 Å². The van der Waals surface area contributed by atoms with Crippen LogP contribution in [-0.4, -0.2) is 44.9 Å². The molecule has 3 rings (SSSR count). The van der Waals surface area contributed by atoms with Crippen molar-refractivity contribution in [1.29, 1.82) is 0 Å². The van der Waals surface area contributed by atoms with Gasteiger partial charge in [-0.05, 0) is 0 Å². The van der Waals surface area contributed by atoms with Crippen molar-refractivity contribution in [3.05, 3.63) is 29.8 Å². The molecule has 2 heterocycles. The molecule has 1 amide bonds. The van der Waals surface area contributed by atoms with Crippen LogP contribution in [0.25, 0.3) is 0 Å². The van der Waals surface area contributed by atoms with Gasteiger partial charge in [0.05, 0.1) is 0 Å². The molecular weight excluding hydrogens is 314 g/mol. The van der Waals surface area contributed by atoms with Gasteiger partial charge in [-0.25, -0.2) is 0 Å². The molecule has 1 aromatic rings. The molecule has 18 heavy (non-hydrogen) atoms. The summed E-state index contributed by atoms with van der Waals surface area (Å²) in [6.07, 6.45) is 0. The third-order valence-corrected chi connectivity index (χ3v) is 8.99. The Morgan fingerprint density at radius 2 is 2.11 bits per heavy atom. The number of nitrogens with zero attached hydrogens (tertiary/aromatic N) is 2. The molecule has 0 bridgehead atoms. The third kappa shape index (κ3) is 1.55. The molecule has 0 saturated carbocycles. The molecule has 2 aliphatic rings. The summed E-state index contributed by atoms with van der Waals surface area (Å²) < 4.78 is 10.1. The molecule has 1 saturated heterocycles. The van der Waals surface area contributed by atoms with E-state index in [4.69, 9.17) is 4.52 Å². The van der Waals surface area contributed by atoms with Gasteiger partial charge in [0.25, 0.3) is 0 Å². The second-order valence-corrected chi connectivity index (χ2v) is 9.85. The van der Waals surface area contributed by atoms with Gasteiger partial charge in [-0.15, -0.1) is 0 Å².